The topological polar surface area (TPSA) is 24.8 Å². The predicted molar refractivity (Wildman–Crippen MR) is 46.0 cm³/mol. The van der Waals surface area contributed by atoms with Crippen molar-refractivity contribution in [1.82, 2.24) is 4.90 Å². The SMILES string of the molecule is C=CN=C(N(C)C)C1(F)COC1. The van der Waals surface area contributed by atoms with Crippen LogP contribution in [0.2, 0.25) is 0 Å². The first kappa shape index (κ1) is 9.19. The molecule has 1 aliphatic heterocycles. The first-order valence-corrected chi connectivity index (χ1v) is 3.73. The van der Waals surface area contributed by atoms with E-state index in [0.29, 0.717) is 5.84 Å². The van der Waals surface area contributed by atoms with Crippen LogP contribution in [0.5, 0.6) is 0 Å². The van der Waals surface area contributed by atoms with E-state index < -0.39 is 5.67 Å². The van der Waals surface area contributed by atoms with Crippen LogP contribution in [-0.4, -0.2) is 43.7 Å². The maximum Gasteiger partial charge on any atom is 0.213 e. The van der Waals surface area contributed by atoms with Gasteiger partial charge in [0.15, 0.2) is 0 Å². The summed E-state index contributed by atoms with van der Waals surface area (Å²) in [6.07, 6.45) is 1.34. The van der Waals surface area contributed by atoms with Crippen molar-refractivity contribution in [2.75, 3.05) is 27.3 Å². The van der Waals surface area contributed by atoms with Crippen molar-refractivity contribution in [3.05, 3.63) is 12.8 Å². The Morgan fingerprint density at radius 1 is 1.67 bits per heavy atom. The van der Waals surface area contributed by atoms with E-state index in [4.69, 9.17) is 4.74 Å². The average molecular weight is 172 g/mol. The molecule has 0 spiro atoms. The molecule has 4 heteroatoms. The summed E-state index contributed by atoms with van der Waals surface area (Å²) in [6, 6.07) is 0. The fourth-order valence-corrected chi connectivity index (χ4v) is 1.13. The molecule has 68 valence electrons. The fraction of sp³-hybridized carbons (Fsp3) is 0.625. The second-order valence-corrected chi connectivity index (χ2v) is 2.99. The molecular formula is C8H13FN2O. The number of aliphatic imine (C=N–C) groups is 1. The minimum Gasteiger partial charge on any atom is -0.374 e. The van der Waals surface area contributed by atoms with Crippen LogP contribution in [0.15, 0.2) is 17.8 Å². The number of rotatable bonds is 2. The first-order valence-electron chi connectivity index (χ1n) is 3.73. The third-order valence-electron chi connectivity index (χ3n) is 1.70. The number of nitrogens with zero attached hydrogens (tertiary/aromatic N) is 2. The van der Waals surface area contributed by atoms with E-state index in [1.807, 2.05) is 0 Å². The highest BCUT2D eigenvalue weighted by Gasteiger charge is 2.45. The molecule has 1 saturated heterocycles. The normalized spacial score (nSPS) is 21.4. The molecule has 0 saturated carbocycles. The lowest BCUT2D eigenvalue weighted by Crippen LogP contribution is -2.56. The van der Waals surface area contributed by atoms with Crippen molar-refractivity contribution >= 4 is 5.84 Å². The first-order chi connectivity index (χ1) is 5.60. The Morgan fingerprint density at radius 3 is 2.50 bits per heavy atom. The molecule has 0 unspecified atom stereocenters. The van der Waals surface area contributed by atoms with Gasteiger partial charge in [-0.15, -0.1) is 0 Å². The van der Waals surface area contributed by atoms with Crippen LogP contribution in [0, 0.1) is 0 Å². The smallest absolute Gasteiger partial charge is 0.213 e. The van der Waals surface area contributed by atoms with Crippen LogP contribution >= 0.6 is 0 Å². The Balaban J connectivity index is 2.78. The Labute approximate surface area is 71.5 Å². The summed E-state index contributed by atoms with van der Waals surface area (Å²) in [7, 11) is 3.50. The Morgan fingerprint density at radius 2 is 2.25 bits per heavy atom. The van der Waals surface area contributed by atoms with Crippen molar-refractivity contribution in [3.8, 4) is 0 Å². The fourth-order valence-electron chi connectivity index (χ4n) is 1.13. The van der Waals surface area contributed by atoms with E-state index in [9.17, 15) is 4.39 Å². The third-order valence-corrected chi connectivity index (χ3v) is 1.70. The second kappa shape index (κ2) is 3.23. The van der Waals surface area contributed by atoms with Gasteiger partial charge in [-0.25, -0.2) is 9.38 Å². The Bertz CT molecular complexity index is 209. The molecule has 0 aromatic heterocycles. The zero-order valence-electron chi connectivity index (χ0n) is 7.38. The van der Waals surface area contributed by atoms with Gasteiger partial charge in [0.2, 0.25) is 5.67 Å². The molecule has 0 aromatic carbocycles. The summed E-state index contributed by atoms with van der Waals surface area (Å²) < 4.78 is 18.5. The molecule has 0 radical (unpaired) electrons. The lowest BCUT2D eigenvalue weighted by atomic mass is 10.0. The average Bonchev–Trinajstić information content (AvgIpc) is 1.95. The van der Waals surface area contributed by atoms with Crippen molar-refractivity contribution < 1.29 is 9.13 Å². The standard InChI is InChI=1S/C8H13FN2O/c1-4-10-7(11(2)3)8(9)5-12-6-8/h4H,1,5-6H2,2-3H3. The van der Waals surface area contributed by atoms with E-state index in [-0.39, 0.29) is 13.2 Å². The summed E-state index contributed by atoms with van der Waals surface area (Å²) in [5.74, 6) is 0.378. The highest BCUT2D eigenvalue weighted by atomic mass is 19.1. The number of halogens is 1. The van der Waals surface area contributed by atoms with Crippen LogP contribution in [0.4, 0.5) is 4.39 Å². The maximum absolute atomic E-state index is 13.7. The van der Waals surface area contributed by atoms with Crippen LogP contribution in [0.3, 0.4) is 0 Å². The van der Waals surface area contributed by atoms with E-state index in [0.717, 1.165) is 0 Å². The van der Waals surface area contributed by atoms with Gasteiger partial charge in [-0.2, -0.15) is 0 Å². The highest BCUT2D eigenvalue weighted by molar-refractivity contribution is 5.91. The molecule has 0 bridgehead atoms. The van der Waals surface area contributed by atoms with Gasteiger partial charge in [0.05, 0.1) is 13.2 Å². The Kier molecular flexibility index (Phi) is 2.47. The van der Waals surface area contributed by atoms with Gasteiger partial charge in [-0.1, -0.05) is 6.58 Å². The quantitative estimate of drug-likeness (QED) is 0.455. The van der Waals surface area contributed by atoms with Gasteiger partial charge < -0.3 is 9.64 Å². The summed E-state index contributed by atoms with van der Waals surface area (Å²) in [5, 5.41) is 0. The number of hydrogen-bond acceptors (Lipinski definition) is 2. The third kappa shape index (κ3) is 1.48. The van der Waals surface area contributed by atoms with Gasteiger partial charge in [0.25, 0.3) is 0 Å². The Hall–Kier alpha value is -0.900. The lowest BCUT2D eigenvalue weighted by Gasteiger charge is -2.37. The van der Waals surface area contributed by atoms with Crippen LogP contribution in [0.1, 0.15) is 0 Å². The van der Waals surface area contributed by atoms with E-state index in [2.05, 4.69) is 11.6 Å². The summed E-state index contributed by atoms with van der Waals surface area (Å²) in [6.45, 7) is 3.62. The lowest BCUT2D eigenvalue weighted by molar-refractivity contribution is -0.0914. The zero-order chi connectivity index (χ0) is 9.19. The van der Waals surface area contributed by atoms with Gasteiger partial charge in [0.1, 0.15) is 5.84 Å². The van der Waals surface area contributed by atoms with Gasteiger partial charge in [-0.3, -0.25) is 0 Å². The number of hydrogen-bond donors (Lipinski definition) is 0. The molecule has 12 heavy (non-hydrogen) atoms. The minimum absolute atomic E-state index is 0.0951. The zero-order valence-corrected chi connectivity index (χ0v) is 7.38. The highest BCUT2D eigenvalue weighted by Crippen LogP contribution is 2.24. The molecule has 0 aromatic rings. The number of alkyl halides is 1. The molecule has 1 heterocycles. The van der Waals surface area contributed by atoms with Crippen LogP contribution in [0.25, 0.3) is 0 Å². The molecule has 0 atom stereocenters. The summed E-state index contributed by atoms with van der Waals surface area (Å²) in [4.78, 5) is 5.51. The van der Waals surface area contributed by atoms with Crippen LogP contribution < -0.4 is 0 Å². The van der Waals surface area contributed by atoms with Crippen molar-refractivity contribution in [3.63, 3.8) is 0 Å². The maximum atomic E-state index is 13.7. The monoisotopic (exact) mass is 172 g/mol. The molecule has 1 rings (SSSR count). The number of ether oxygens (including phenoxy) is 1. The molecular weight excluding hydrogens is 159 g/mol. The molecule has 0 amide bonds. The predicted octanol–water partition coefficient (Wildman–Crippen LogP) is 0.828. The molecule has 1 fully saturated rings. The second-order valence-electron chi connectivity index (χ2n) is 2.99. The van der Waals surface area contributed by atoms with Crippen LogP contribution in [-0.2, 0) is 4.74 Å². The van der Waals surface area contributed by atoms with E-state index in [1.165, 1.54) is 6.20 Å². The summed E-state index contributed by atoms with van der Waals surface area (Å²) in [5.41, 5.74) is -1.41. The largest absolute Gasteiger partial charge is 0.374 e. The van der Waals surface area contributed by atoms with Crippen molar-refractivity contribution in [2.45, 2.75) is 5.67 Å². The summed E-state index contributed by atoms with van der Waals surface area (Å²) >= 11 is 0. The van der Waals surface area contributed by atoms with Gasteiger partial charge in [0, 0.05) is 20.3 Å². The van der Waals surface area contributed by atoms with E-state index >= 15 is 0 Å². The van der Waals surface area contributed by atoms with E-state index in [1.54, 1.807) is 19.0 Å². The molecule has 1 aliphatic rings. The molecule has 3 nitrogen and oxygen atoms in total. The molecule has 0 N–H and O–H groups in total. The number of amidine groups is 1. The van der Waals surface area contributed by atoms with Gasteiger partial charge in [-0.05, 0) is 0 Å². The van der Waals surface area contributed by atoms with Crippen molar-refractivity contribution in [2.24, 2.45) is 4.99 Å². The van der Waals surface area contributed by atoms with Crippen molar-refractivity contribution in [1.29, 1.82) is 0 Å². The molecule has 0 aliphatic carbocycles. The van der Waals surface area contributed by atoms with Gasteiger partial charge >= 0.3 is 0 Å². The minimum atomic E-state index is -1.41.